The Morgan fingerprint density at radius 2 is 2.46 bits per heavy atom. The first-order chi connectivity index (χ1) is 6.19. The van der Waals surface area contributed by atoms with Gasteiger partial charge in [-0.3, -0.25) is 4.98 Å². The van der Waals surface area contributed by atoms with Gasteiger partial charge in [0.25, 0.3) is 0 Å². The maximum Gasteiger partial charge on any atom is 0.155 e. The molecule has 0 amide bonds. The molecule has 0 radical (unpaired) electrons. The van der Waals surface area contributed by atoms with Crippen LogP contribution in [0.4, 0.5) is 4.39 Å². The van der Waals surface area contributed by atoms with Crippen molar-refractivity contribution in [1.82, 2.24) is 4.98 Å². The van der Waals surface area contributed by atoms with Gasteiger partial charge in [-0.05, 0) is 41.1 Å². The number of hydrogen-bond donors (Lipinski definition) is 0. The average Bonchev–Trinajstić information content (AvgIpc) is 2.16. The lowest BCUT2D eigenvalue weighted by atomic mass is 10.1. The third-order valence-corrected chi connectivity index (χ3v) is 2.08. The van der Waals surface area contributed by atoms with Crippen LogP contribution in [0.15, 0.2) is 16.3 Å². The Morgan fingerprint density at radius 3 is 2.92 bits per heavy atom. The van der Waals surface area contributed by atoms with Crippen LogP contribution in [0.2, 0.25) is 0 Å². The summed E-state index contributed by atoms with van der Waals surface area (Å²) < 4.78 is 14.4. The van der Waals surface area contributed by atoms with Crippen molar-refractivity contribution in [1.29, 1.82) is 5.26 Å². The Morgan fingerprint density at radius 1 is 1.77 bits per heavy atom. The zero-order chi connectivity index (χ0) is 9.84. The van der Waals surface area contributed by atoms with Gasteiger partial charge in [0.1, 0.15) is 11.8 Å². The van der Waals surface area contributed by atoms with Gasteiger partial charge in [0.05, 0.1) is 5.56 Å². The highest BCUT2D eigenvalue weighted by Crippen LogP contribution is 2.19. The maximum absolute atomic E-state index is 13.1. The smallest absolute Gasteiger partial charge is 0.155 e. The SMILES string of the molecule is Cc1cc(C#N)cnc1/C(F)=C\I. The van der Waals surface area contributed by atoms with E-state index in [9.17, 15) is 4.39 Å². The molecule has 0 atom stereocenters. The third kappa shape index (κ3) is 2.25. The lowest BCUT2D eigenvalue weighted by Gasteiger charge is -2.00. The molecule has 0 aliphatic carbocycles. The molecule has 0 unspecified atom stereocenters. The lowest BCUT2D eigenvalue weighted by molar-refractivity contribution is 0.753. The Kier molecular flexibility index (Phi) is 3.37. The second-order valence-corrected chi connectivity index (χ2v) is 3.08. The minimum absolute atomic E-state index is 0.299. The molecule has 4 heteroatoms. The van der Waals surface area contributed by atoms with Gasteiger partial charge in [0.15, 0.2) is 5.83 Å². The summed E-state index contributed by atoms with van der Waals surface area (Å²) in [6.45, 7) is 1.73. The van der Waals surface area contributed by atoms with Crippen LogP contribution in [0, 0.1) is 18.3 Å². The van der Waals surface area contributed by atoms with Crippen LogP contribution in [0.1, 0.15) is 16.8 Å². The topological polar surface area (TPSA) is 36.7 Å². The van der Waals surface area contributed by atoms with E-state index in [2.05, 4.69) is 4.98 Å². The van der Waals surface area contributed by atoms with Crippen molar-refractivity contribution in [2.45, 2.75) is 6.92 Å². The van der Waals surface area contributed by atoms with E-state index in [0.29, 0.717) is 16.8 Å². The standard InChI is InChI=1S/C9H6FIN2/c1-6-2-7(4-12)5-13-9(6)8(10)3-11/h2-3,5H,1H3/b8-3+. The molecule has 0 saturated heterocycles. The molecule has 1 aromatic rings. The molecule has 0 aliphatic heterocycles. The predicted octanol–water partition coefficient (Wildman–Crippen LogP) is 2.96. The summed E-state index contributed by atoms with van der Waals surface area (Å²) in [5.74, 6) is -0.373. The van der Waals surface area contributed by atoms with Crippen molar-refractivity contribution in [2.24, 2.45) is 0 Å². The van der Waals surface area contributed by atoms with Gasteiger partial charge in [-0.15, -0.1) is 0 Å². The largest absolute Gasteiger partial charge is 0.252 e. The number of hydrogen-bond acceptors (Lipinski definition) is 2. The van der Waals surface area contributed by atoms with Crippen molar-refractivity contribution in [3.05, 3.63) is 33.2 Å². The molecule has 13 heavy (non-hydrogen) atoms. The molecule has 0 spiro atoms. The maximum atomic E-state index is 13.1. The van der Waals surface area contributed by atoms with Gasteiger partial charge in [0, 0.05) is 10.3 Å². The zero-order valence-corrected chi connectivity index (χ0v) is 9.04. The number of aromatic nitrogens is 1. The Balaban J connectivity index is 3.22. The van der Waals surface area contributed by atoms with Gasteiger partial charge < -0.3 is 0 Å². The summed E-state index contributed by atoms with van der Waals surface area (Å²) in [5, 5.41) is 8.55. The molecular formula is C9H6FIN2. The normalized spacial score (nSPS) is 11.1. The quantitative estimate of drug-likeness (QED) is 0.745. The number of nitriles is 1. The monoisotopic (exact) mass is 288 g/mol. The summed E-state index contributed by atoms with van der Waals surface area (Å²) in [6, 6.07) is 3.56. The van der Waals surface area contributed by atoms with E-state index in [1.807, 2.05) is 28.7 Å². The summed E-state index contributed by atoms with van der Waals surface area (Å²) in [5.41, 5.74) is 1.42. The Labute approximate surface area is 89.2 Å². The Hall–Kier alpha value is -0.960. The van der Waals surface area contributed by atoms with E-state index < -0.39 is 0 Å². The molecule has 2 nitrogen and oxygen atoms in total. The fraction of sp³-hybridized carbons (Fsp3) is 0.111. The van der Waals surface area contributed by atoms with Gasteiger partial charge in [-0.2, -0.15) is 5.26 Å². The second kappa shape index (κ2) is 4.33. The third-order valence-electron chi connectivity index (χ3n) is 1.53. The minimum atomic E-state index is -0.373. The van der Waals surface area contributed by atoms with Crippen LogP contribution in [-0.2, 0) is 0 Å². The number of pyridine rings is 1. The van der Waals surface area contributed by atoms with Crippen LogP contribution in [-0.4, -0.2) is 4.98 Å². The number of aryl methyl sites for hydroxylation is 1. The molecule has 66 valence electrons. The van der Waals surface area contributed by atoms with E-state index >= 15 is 0 Å². The van der Waals surface area contributed by atoms with Crippen molar-refractivity contribution in [2.75, 3.05) is 0 Å². The lowest BCUT2D eigenvalue weighted by Crippen LogP contribution is -1.91. The number of nitrogens with zero attached hydrogens (tertiary/aromatic N) is 2. The van der Waals surface area contributed by atoms with Crippen LogP contribution in [0.5, 0.6) is 0 Å². The van der Waals surface area contributed by atoms with Gasteiger partial charge in [-0.1, -0.05) is 0 Å². The molecule has 0 aliphatic rings. The van der Waals surface area contributed by atoms with Gasteiger partial charge in [0.2, 0.25) is 0 Å². The summed E-state index contributed by atoms with van der Waals surface area (Å²) >= 11 is 1.81. The van der Waals surface area contributed by atoms with Crippen molar-refractivity contribution < 1.29 is 4.39 Å². The van der Waals surface area contributed by atoms with Crippen molar-refractivity contribution in [3.8, 4) is 6.07 Å². The van der Waals surface area contributed by atoms with E-state index in [1.54, 1.807) is 13.0 Å². The predicted molar refractivity (Wildman–Crippen MR) is 56.8 cm³/mol. The molecule has 0 bridgehead atoms. The highest BCUT2D eigenvalue weighted by atomic mass is 127. The average molecular weight is 288 g/mol. The first-order valence-electron chi connectivity index (χ1n) is 3.52. The highest BCUT2D eigenvalue weighted by Gasteiger charge is 2.05. The summed E-state index contributed by atoms with van der Waals surface area (Å²) in [4.78, 5) is 3.85. The number of rotatable bonds is 1. The Bertz CT molecular complexity index is 393. The van der Waals surface area contributed by atoms with Gasteiger partial charge >= 0.3 is 0 Å². The molecule has 0 N–H and O–H groups in total. The van der Waals surface area contributed by atoms with E-state index in [0.717, 1.165) is 0 Å². The zero-order valence-electron chi connectivity index (χ0n) is 6.88. The van der Waals surface area contributed by atoms with Gasteiger partial charge in [-0.25, -0.2) is 4.39 Å². The summed E-state index contributed by atoms with van der Waals surface area (Å²) in [7, 11) is 0. The van der Waals surface area contributed by atoms with Crippen molar-refractivity contribution in [3.63, 3.8) is 0 Å². The molecule has 0 fully saturated rings. The molecule has 1 heterocycles. The van der Waals surface area contributed by atoms with Crippen LogP contribution >= 0.6 is 22.6 Å². The van der Waals surface area contributed by atoms with E-state index in [1.165, 1.54) is 10.3 Å². The molecule has 0 aromatic carbocycles. The van der Waals surface area contributed by atoms with Crippen molar-refractivity contribution >= 4 is 28.4 Å². The fourth-order valence-electron chi connectivity index (χ4n) is 0.938. The van der Waals surface area contributed by atoms with Crippen LogP contribution in [0.25, 0.3) is 5.83 Å². The highest BCUT2D eigenvalue weighted by molar-refractivity contribution is 14.1. The molecular weight excluding hydrogens is 282 g/mol. The molecule has 1 rings (SSSR count). The minimum Gasteiger partial charge on any atom is -0.252 e. The molecule has 0 saturated carbocycles. The first kappa shape index (κ1) is 10.1. The fourth-order valence-corrected chi connectivity index (χ4v) is 1.23. The van der Waals surface area contributed by atoms with E-state index in [4.69, 9.17) is 5.26 Å². The summed E-state index contributed by atoms with van der Waals surface area (Å²) in [6.07, 6.45) is 1.36. The second-order valence-electron chi connectivity index (χ2n) is 2.46. The van der Waals surface area contributed by atoms with E-state index in [-0.39, 0.29) is 5.83 Å². The van der Waals surface area contributed by atoms with Crippen LogP contribution < -0.4 is 0 Å². The van der Waals surface area contributed by atoms with Crippen LogP contribution in [0.3, 0.4) is 0 Å². The molecule has 1 aromatic heterocycles. The first-order valence-corrected chi connectivity index (χ1v) is 4.76. The number of halogens is 2.